The van der Waals surface area contributed by atoms with E-state index in [9.17, 15) is 21.6 Å². The maximum Gasteiger partial charge on any atom is 0.232 e. The Labute approximate surface area is 169 Å². The highest BCUT2D eigenvalue weighted by Gasteiger charge is 2.53. The van der Waals surface area contributed by atoms with Crippen molar-refractivity contribution in [2.45, 2.75) is 23.8 Å². The second kappa shape index (κ2) is 6.53. The summed E-state index contributed by atoms with van der Waals surface area (Å²) in [5.41, 5.74) is 0.528. The second-order valence-corrected chi connectivity index (χ2v) is 12.1. The van der Waals surface area contributed by atoms with Crippen LogP contribution in [0.4, 0.5) is 5.69 Å². The van der Waals surface area contributed by atoms with Gasteiger partial charge in [-0.05, 0) is 31.5 Å². The van der Waals surface area contributed by atoms with Crippen LogP contribution in [0.25, 0.3) is 0 Å². The quantitative estimate of drug-likeness (QED) is 0.724. The summed E-state index contributed by atoms with van der Waals surface area (Å²) < 4.78 is 50.2. The van der Waals surface area contributed by atoms with Gasteiger partial charge in [0.25, 0.3) is 0 Å². The van der Waals surface area contributed by atoms with Crippen LogP contribution in [0.5, 0.6) is 0 Å². The summed E-state index contributed by atoms with van der Waals surface area (Å²) in [6, 6.07) is 7.50. The van der Waals surface area contributed by atoms with Gasteiger partial charge in [0.1, 0.15) is 5.69 Å². The molecule has 1 aliphatic rings. The number of pyridine rings is 1. The lowest BCUT2D eigenvalue weighted by Crippen LogP contribution is -2.43. The summed E-state index contributed by atoms with van der Waals surface area (Å²) in [5.74, 6) is -0.684. The number of Topliss-reactive ketones (excluding diaryl/α,β-unsaturated/α-hetero) is 1. The first-order valence-electron chi connectivity index (χ1n) is 8.27. The van der Waals surface area contributed by atoms with E-state index in [1.807, 2.05) is 0 Å². The first-order chi connectivity index (χ1) is 12.8. The van der Waals surface area contributed by atoms with Gasteiger partial charge in [-0.3, -0.25) is 14.1 Å². The number of nitrogens with zero attached hydrogens (tertiary/aromatic N) is 2. The van der Waals surface area contributed by atoms with Crippen LogP contribution >= 0.6 is 11.6 Å². The number of sulfonamides is 1. The molecular weight excluding hydrogens is 424 g/mol. The summed E-state index contributed by atoms with van der Waals surface area (Å²) in [5, 5.41) is -1.68. The molecular formula is C18H19ClN2O5S2. The average molecular weight is 443 g/mol. The molecule has 0 amide bonds. The van der Waals surface area contributed by atoms with Crippen LogP contribution in [-0.2, 0) is 24.6 Å². The lowest BCUT2D eigenvalue weighted by molar-refractivity contribution is 0.0975. The van der Waals surface area contributed by atoms with Gasteiger partial charge in [0, 0.05) is 18.8 Å². The van der Waals surface area contributed by atoms with Crippen LogP contribution in [0.3, 0.4) is 0 Å². The Morgan fingerprint density at radius 1 is 1.18 bits per heavy atom. The van der Waals surface area contributed by atoms with Crippen LogP contribution in [0.1, 0.15) is 40.7 Å². The van der Waals surface area contributed by atoms with Crippen molar-refractivity contribution in [1.82, 2.24) is 4.98 Å². The maximum atomic E-state index is 13.4. The molecule has 0 radical (unpaired) electrons. The third-order valence-electron chi connectivity index (χ3n) is 5.08. The monoisotopic (exact) mass is 442 g/mol. The highest BCUT2D eigenvalue weighted by atomic mass is 35.5. The van der Waals surface area contributed by atoms with Crippen molar-refractivity contribution >= 4 is 42.9 Å². The zero-order chi connectivity index (χ0) is 21.1. The molecule has 0 fully saturated rings. The Kier molecular flexibility index (Phi) is 4.84. The van der Waals surface area contributed by atoms with Gasteiger partial charge < -0.3 is 0 Å². The van der Waals surface area contributed by atoms with Gasteiger partial charge in [0.05, 0.1) is 21.7 Å². The molecule has 2 aromatic rings. The summed E-state index contributed by atoms with van der Waals surface area (Å²) >= 11 is 6.41. The molecule has 0 saturated carbocycles. The molecule has 7 nitrogen and oxygen atoms in total. The number of fused-ring (bicyclic) bond motifs is 1. The van der Waals surface area contributed by atoms with E-state index in [2.05, 4.69) is 4.98 Å². The van der Waals surface area contributed by atoms with Gasteiger partial charge >= 0.3 is 0 Å². The van der Waals surface area contributed by atoms with Crippen LogP contribution in [-0.4, -0.2) is 40.9 Å². The van der Waals surface area contributed by atoms with Crippen molar-refractivity contribution < 1.29 is 21.6 Å². The zero-order valence-corrected chi connectivity index (χ0v) is 18.1. The Morgan fingerprint density at radius 3 is 2.43 bits per heavy atom. The molecule has 0 spiro atoms. The molecule has 0 N–H and O–H groups in total. The number of carbonyl (C=O) groups excluding carboxylic acids is 1. The van der Waals surface area contributed by atoms with E-state index in [0.29, 0.717) is 5.56 Å². The van der Waals surface area contributed by atoms with E-state index < -0.39 is 35.6 Å². The van der Waals surface area contributed by atoms with Gasteiger partial charge in [-0.15, -0.1) is 0 Å². The molecule has 150 valence electrons. The van der Waals surface area contributed by atoms with Gasteiger partial charge in [-0.25, -0.2) is 16.8 Å². The smallest absolute Gasteiger partial charge is 0.232 e. The van der Waals surface area contributed by atoms with Crippen LogP contribution in [0.2, 0.25) is 5.02 Å². The van der Waals surface area contributed by atoms with Crippen molar-refractivity contribution in [1.29, 1.82) is 0 Å². The van der Waals surface area contributed by atoms with Crippen LogP contribution in [0, 0.1) is 0 Å². The number of hydrogen-bond acceptors (Lipinski definition) is 6. The van der Waals surface area contributed by atoms with E-state index in [-0.39, 0.29) is 22.0 Å². The van der Waals surface area contributed by atoms with Crippen molar-refractivity contribution in [2.24, 2.45) is 0 Å². The predicted molar refractivity (Wildman–Crippen MR) is 108 cm³/mol. The number of ketones is 1. The topological polar surface area (TPSA) is 101 Å². The standard InChI is InChI=1S/C18H19ClN2O5S2/c1-18(2)12-8-6-10-20-15(12)16(22)17(28(18,25)26)11-7-5-9-13(14(11)19)21(3)27(4,23)24/h5-10,17H,1-4H3. The number of aromatic nitrogens is 1. The number of rotatable bonds is 3. The lowest BCUT2D eigenvalue weighted by Gasteiger charge is -2.36. The minimum atomic E-state index is -4.06. The van der Waals surface area contributed by atoms with E-state index in [1.54, 1.807) is 12.1 Å². The van der Waals surface area contributed by atoms with Crippen LogP contribution in [0.15, 0.2) is 36.5 Å². The SMILES string of the molecule is CN(c1cccc(C2C(=O)c3ncccc3C(C)(C)S2(=O)=O)c1Cl)S(C)(=O)=O. The molecule has 1 aromatic heterocycles. The Morgan fingerprint density at radius 2 is 1.82 bits per heavy atom. The second-order valence-electron chi connectivity index (χ2n) is 7.11. The molecule has 1 aliphatic heterocycles. The highest BCUT2D eigenvalue weighted by molar-refractivity contribution is 7.93. The first kappa shape index (κ1) is 20.8. The number of hydrogen-bond donors (Lipinski definition) is 0. The molecule has 0 aliphatic carbocycles. The fraction of sp³-hybridized carbons (Fsp3) is 0.333. The fourth-order valence-electron chi connectivity index (χ4n) is 3.27. The Bertz CT molecular complexity index is 1190. The molecule has 0 saturated heterocycles. The zero-order valence-electron chi connectivity index (χ0n) is 15.7. The number of anilines is 1. The largest absolute Gasteiger partial charge is 0.291 e. The average Bonchev–Trinajstić information content (AvgIpc) is 2.60. The molecule has 1 atom stereocenters. The van der Waals surface area contributed by atoms with Crippen LogP contribution < -0.4 is 4.31 Å². The maximum absolute atomic E-state index is 13.4. The summed E-state index contributed by atoms with van der Waals surface area (Å²) in [6.07, 6.45) is 2.43. The number of halogens is 1. The molecule has 0 bridgehead atoms. The first-order valence-corrected chi connectivity index (χ1v) is 12.0. The van der Waals surface area contributed by atoms with E-state index in [4.69, 9.17) is 11.6 Å². The predicted octanol–water partition coefficient (Wildman–Crippen LogP) is 2.72. The third kappa shape index (κ3) is 2.92. The van der Waals surface area contributed by atoms with Crippen molar-refractivity contribution in [3.05, 3.63) is 58.4 Å². The van der Waals surface area contributed by atoms with Gasteiger partial charge in [-0.2, -0.15) is 0 Å². The minimum absolute atomic E-state index is 0.0315. The summed E-state index contributed by atoms with van der Waals surface area (Å²) in [6.45, 7) is 3.03. The van der Waals surface area contributed by atoms with Gasteiger partial charge in [-0.1, -0.05) is 29.8 Å². The Hall–Kier alpha value is -1.97. The van der Waals surface area contributed by atoms with Crippen molar-refractivity contribution in [3.8, 4) is 0 Å². The normalized spacial score (nSPS) is 20.5. The van der Waals surface area contributed by atoms with Crippen molar-refractivity contribution in [3.63, 3.8) is 0 Å². The fourth-order valence-corrected chi connectivity index (χ4v) is 6.24. The van der Waals surface area contributed by atoms with E-state index in [1.165, 1.54) is 45.3 Å². The molecule has 28 heavy (non-hydrogen) atoms. The summed E-state index contributed by atoms with van der Waals surface area (Å²) in [4.78, 5) is 17.2. The molecule has 10 heteroatoms. The number of benzene rings is 1. The van der Waals surface area contributed by atoms with Gasteiger partial charge in [0.15, 0.2) is 15.1 Å². The van der Waals surface area contributed by atoms with Crippen molar-refractivity contribution in [2.75, 3.05) is 17.6 Å². The Balaban J connectivity index is 2.30. The van der Waals surface area contributed by atoms with Gasteiger partial charge in [0.2, 0.25) is 15.8 Å². The third-order valence-corrected chi connectivity index (χ3v) is 9.41. The molecule has 2 heterocycles. The molecule has 1 unspecified atom stereocenters. The van der Waals surface area contributed by atoms with E-state index >= 15 is 0 Å². The highest BCUT2D eigenvalue weighted by Crippen LogP contribution is 2.48. The number of carbonyl (C=O) groups is 1. The number of sulfone groups is 1. The lowest BCUT2D eigenvalue weighted by atomic mass is 9.94. The molecule has 3 rings (SSSR count). The summed E-state index contributed by atoms with van der Waals surface area (Å²) in [7, 11) is -6.39. The van der Waals surface area contributed by atoms with E-state index in [0.717, 1.165) is 10.6 Å². The molecule has 1 aromatic carbocycles. The minimum Gasteiger partial charge on any atom is -0.291 e.